The molecule has 0 aromatic heterocycles. The molecule has 1 saturated heterocycles. The Labute approximate surface area is 129 Å². The van der Waals surface area contributed by atoms with E-state index in [2.05, 4.69) is 24.1 Å². The lowest BCUT2D eigenvalue weighted by molar-refractivity contribution is -0.153. The predicted molar refractivity (Wildman–Crippen MR) is 85.2 cm³/mol. The van der Waals surface area contributed by atoms with Crippen molar-refractivity contribution in [2.45, 2.75) is 58.4 Å². The SMILES string of the molecule is CCNC1(C(=O)OCC)CCCC1CCN1CCC(C)C1. The summed E-state index contributed by atoms with van der Waals surface area (Å²) in [6.07, 6.45) is 5.64. The van der Waals surface area contributed by atoms with Crippen LogP contribution in [0.25, 0.3) is 0 Å². The van der Waals surface area contributed by atoms with Crippen molar-refractivity contribution < 1.29 is 9.53 Å². The lowest BCUT2D eigenvalue weighted by Crippen LogP contribution is -2.56. The first-order chi connectivity index (χ1) is 10.1. The minimum atomic E-state index is -0.421. The van der Waals surface area contributed by atoms with E-state index >= 15 is 0 Å². The van der Waals surface area contributed by atoms with Crippen molar-refractivity contribution >= 4 is 5.97 Å². The lowest BCUT2D eigenvalue weighted by atomic mass is 9.84. The third-order valence-corrected chi connectivity index (χ3v) is 5.25. The molecule has 0 amide bonds. The number of ether oxygens (including phenoxy) is 1. The van der Waals surface area contributed by atoms with Crippen LogP contribution in [0.15, 0.2) is 0 Å². The van der Waals surface area contributed by atoms with E-state index in [1.807, 2.05) is 6.92 Å². The van der Waals surface area contributed by atoms with Gasteiger partial charge in [-0.1, -0.05) is 20.3 Å². The summed E-state index contributed by atoms with van der Waals surface area (Å²) in [6.45, 7) is 11.2. The standard InChI is InChI=1S/C17H32N2O2/c1-4-18-17(16(20)21-5-2)10-6-7-15(17)9-12-19-11-8-14(3)13-19/h14-15,18H,4-13H2,1-3H3. The molecule has 1 heterocycles. The van der Waals surface area contributed by atoms with Crippen LogP contribution in [0.1, 0.15) is 52.9 Å². The number of nitrogens with zero attached hydrogens (tertiary/aromatic N) is 1. The van der Waals surface area contributed by atoms with Gasteiger partial charge in [0.05, 0.1) is 6.61 Å². The quantitative estimate of drug-likeness (QED) is 0.733. The fourth-order valence-corrected chi connectivity index (χ4v) is 4.19. The minimum absolute atomic E-state index is 0.0239. The Kier molecular flexibility index (Phi) is 6.06. The van der Waals surface area contributed by atoms with Gasteiger partial charge in [0.25, 0.3) is 0 Å². The highest BCUT2D eigenvalue weighted by atomic mass is 16.5. The van der Waals surface area contributed by atoms with E-state index in [1.165, 1.54) is 19.5 Å². The Bertz CT molecular complexity index is 348. The zero-order valence-electron chi connectivity index (χ0n) is 14.0. The van der Waals surface area contributed by atoms with Gasteiger partial charge in [-0.2, -0.15) is 0 Å². The van der Waals surface area contributed by atoms with E-state index in [0.29, 0.717) is 12.5 Å². The van der Waals surface area contributed by atoms with Crippen LogP contribution in [0.3, 0.4) is 0 Å². The number of likely N-dealkylation sites (tertiary alicyclic amines) is 1. The molecule has 1 aliphatic heterocycles. The summed E-state index contributed by atoms with van der Waals surface area (Å²) in [5, 5.41) is 3.48. The number of nitrogens with one attached hydrogen (secondary N) is 1. The zero-order chi connectivity index (χ0) is 15.3. The summed E-state index contributed by atoms with van der Waals surface area (Å²) in [4.78, 5) is 15.1. The highest BCUT2D eigenvalue weighted by Crippen LogP contribution is 2.39. The smallest absolute Gasteiger partial charge is 0.326 e. The van der Waals surface area contributed by atoms with E-state index < -0.39 is 5.54 Å². The lowest BCUT2D eigenvalue weighted by Gasteiger charge is -2.34. The average molecular weight is 296 g/mol. The van der Waals surface area contributed by atoms with Crippen molar-refractivity contribution in [1.29, 1.82) is 0 Å². The zero-order valence-corrected chi connectivity index (χ0v) is 14.0. The topological polar surface area (TPSA) is 41.6 Å². The summed E-state index contributed by atoms with van der Waals surface area (Å²) in [7, 11) is 0. The van der Waals surface area contributed by atoms with Gasteiger partial charge in [0.15, 0.2) is 0 Å². The maximum absolute atomic E-state index is 12.5. The second-order valence-corrected chi connectivity index (χ2v) is 6.79. The van der Waals surface area contributed by atoms with Crippen LogP contribution in [0.2, 0.25) is 0 Å². The third kappa shape index (κ3) is 3.78. The highest BCUT2D eigenvalue weighted by Gasteiger charge is 2.49. The molecule has 0 spiro atoms. The maximum atomic E-state index is 12.5. The Hall–Kier alpha value is -0.610. The number of rotatable bonds is 7. The Balaban J connectivity index is 1.96. The van der Waals surface area contributed by atoms with E-state index in [4.69, 9.17) is 4.74 Å². The maximum Gasteiger partial charge on any atom is 0.326 e. The molecule has 122 valence electrons. The summed E-state index contributed by atoms with van der Waals surface area (Å²) in [5.74, 6) is 1.23. The minimum Gasteiger partial charge on any atom is -0.465 e. The van der Waals surface area contributed by atoms with Gasteiger partial charge in [0.1, 0.15) is 5.54 Å². The molecule has 2 fully saturated rings. The van der Waals surface area contributed by atoms with Crippen molar-refractivity contribution in [2.75, 3.05) is 32.8 Å². The van der Waals surface area contributed by atoms with Crippen LogP contribution in [-0.4, -0.2) is 49.2 Å². The van der Waals surface area contributed by atoms with Gasteiger partial charge in [-0.25, -0.2) is 0 Å². The number of carbonyl (C=O) groups excluding carboxylic acids is 1. The Morgan fingerprint density at radius 3 is 2.81 bits per heavy atom. The van der Waals surface area contributed by atoms with Crippen LogP contribution in [0, 0.1) is 11.8 Å². The molecule has 0 radical (unpaired) electrons. The van der Waals surface area contributed by atoms with Crippen molar-refractivity contribution in [3.05, 3.63) is 0 Å². The van der Waals surface area contributed by atoms with Crippen LogP contribution in [-0.2, 0) is 9.53 Å². The van der Waals surface area contributed by atoms with E-state index in [0.717, 1.165) is 44.7 Å². The van der Waals surface area contributed by atoms with E-state index in [9.17, 15) is 4.79 Å². The highest BCUT2D eigenvalue weighted by molar-refractivity contribution is 5.81. The van der Waals surface area contributed by atoms with Crippen LogP contribution < -0.4 is 5.32 Å². The molecule has 0 aromatic carbocycles. The monoisotopic (exact) mass is 296 g/mol. The molecule has 3 unspecified atom stereocenters. The first kappa shape index (κ1) is 16.8. The number of hydrogen-bond acceptors (Lipinski definition) is 4. The fraction of sp³-hybridized carbons (Fsp3) is 0.941. The van der Waals surface area contributed by atoms with Gasteiger partial charge in [0, 0.05) is 6.54 Å². The number of esters is 1. The molecule has 1 saturated carbocycles. The Morgan fingerprint density at radius 1 is 1.38 bits per heavy atom. The average Bonchev–Trinajstić information content (AvgIpc) is 3.04. The summed E-state index contributed by atoms with van der Waals surface area (Å²) >= 11 is 0. The second kappa shape index (κ2) is 7.59. The summed E-state index contributed by atoms with van der Waals surface area (Å²) in [6, 6.07) is 0. The normalized spacial score (nSPS) is 33.5. The molecule has 4 nitrogen and oxygen atoms in total. The molecular formula is C17H32N2O2. The van der Waals surface area contributed by atoms with Gasteiger partial charge in [-0.3, -0.25) is 4.79 Å². The second-order valence-electron chi connectivity index (χ2n) is 6.79. The molecule has 21 heavy (non-hydrogen) atoms. The largest absolute Gasteiger partial charge is 0.465 e. The van der Waals surface area contributed by atoms with Crippen molar-refractivity contribution in [2.24, 2.45) is 11.8 Å². The van der Waals surface area contributed by atoms with E-state index in [-0.39, 0.29) is 5.97 Å². The predicted octanol–water partition coefficient (Wildman–Crippen LogP) is 2.43. The van der Waals surface area contributed by atoms with Crippen molar-refractivity contribution in [3.63, 3.8) is 0 Å². The third-order valence-electron chi connectivity index (χ3n) is 5.25. The van der Waals surface area contributed by atoms with Gasteiger partial charge in [0.2, 0.25) is 0 Å². The van der Waals surface area contributed by atoms with Crippen LogP contribution in [0.5, 0.6) is 0 Å². The van der Waals surface area contributed by atoms with Gasteiger partial charge >= 0.3 is 5.97 Å². The van der Waals surface area contributed by atoms with Crippen molar-refractivity contribution in [3.8, 4) is 0 Å². The van der Waals surface area contributed by atoms with Crippen molar-refractivity contribution in [1.82, 2.24) is 10.2 Å². The molecule has 4 heteroatoms. The number of hydrogen-bond donors (Lipinski definition) is 1. The summed E-state index contributed by atoms with van der Waals surface area (Å²) < 4.78 is 5.39. The number of likely N-dealkylation sites (N-methyl/N-ethyl adjacent to an activating group) is 1. The molecular weight excluding hydrogens is 264 g/mol. The van der Waals surface area contributed by atoms with Crippen LogP contribution >= 0.6 is 0 Å². The van der Waals surface area contributed by atoms with Gasteiger partial charge < -0.3 is 15.0 Å². The molecule has 2 aliphatic rings. The molecule has 3 atom stereocenters. The fourth-order valence-electron chi connectivity index (χ4n) is 4.19. The molecule has 1 N–H and O–H groups in total. The van der Waals surface area contributed by atoms with E-state index in [1.54, 1.807) is 0 Å². The number of carbonyl (C=O) groups is 1. The molecule has 1 aliphatic carbocycles. The first-order valence-corrected chi connectivity index (χ1v) is 8.77. The van der Waals surface area contributed by atoms with Gasteiger partial charge in [-0.15, -0.1) is 0 Å². The van der Waals surface area contributed by atoms with Gasteiger partial charge in [-0.05, 0) is 64.1 Å². The summed E-state index contributed by atoms with van der Waals surface area (Å²) in [5.41, 5.74) is -0.421. The first-order valence-electron chi connectivity index (χ1n) is 8.77. The molecule has 0 aromatic rings. The van der Waals surface area contributed by atoms with Crippen LogP contribution in [0.4, 0.5) is 0 Å². The molecule has 0 bridgehead atoms. The Morgan fingerprint density at radius 2 is 2.19 bits per heavy atom. The molecule has 2 rings (SSSR count).